The molecule has 1 atom stereocenters. The molecule has 2 aliphatic rings. The van der Waals surface area contributed by atoms with Gasteiger partial charge in [0.25, 0.3) is 0 Å². The van der Waals surface area contributed by atoms with Crippen LogP contribution < -0.4 is 0 Å². The molecule has 2 fully saturated rings. The maximum atomic E-state index is 12.9. The Kier molecular flexibility index (Phi) is 4.65. The Bertz CT molecular complexity index is 506. The van der Waals surface area contributed by atoms with Crippen LogP contribution in [0.25, 0.3) is 0 Å². The molecule has 2 saturated heterocycles. The average Bonchev–Trinajstić information content (AvgIpc) is 2.55. The molecule has 0 radical (unpaired) electrons. The first-order chi connectivity index (χ1) is 10.2. The molecule has 0 aliphatic carbocycles. The van der Waals surface area contributed by atoms with Gasteiger partial charge in [-0.2, -0.15) is 11.8 Å². The summed E-state index contributed by atoms with van der Waals surface area (Å²) in [5.74, 6) is 2.75. The summed E-state index contributed by atoms with van der Waals surface area (Å²) in [5.41, 5.74) is 1.92. The van der Waals surface area contributed by atoms with Crippen molar-refractivity contribution < 1.29 is 9.53 Å². The molecule has 0 aromatic carbocycles. The van der Waals surface area contributed by atoms with Crippen molar-refractivity contribution in [2.24, 2.45) is 5.92 Å². The number of hydrogen-bond acceptors (Lipinski definition) is 4. The zero-order valence-electron chi connectivity index (χ0n) is 12.6. The first kappa shape index (κ1) is 15.0. The summed E-state index contributed by atoms with van der Waals surface area (Å²) in [5, 5.41) is 0. The molecule has 3 nitrogen and oxygen atoms in total. The van der Waals surface area contributed by atoms with Crippen LogP contribution in [0.3, 0.4) is 0 Å². The van der Waals surface area contributed by atoms with Crippen LogP contribution in [0.5, 0.6) is 0 Å². The van der Waals surface area contributed by atoms with Gasteiger partial charge in [0.2, 0.25) is 0 Å². The second-order valence-corrected chi connectivity index (χ2v) is 7.31. The van der Waals surface area contributed by atoms with Gasteiger partial charge in [-0.1, -0.05) is 6.92 Å². The second-order valence-electron chi connectivity index (χ2n) is 6.08. The van der Waals surface area contributed by atoms with E-state index in [1.54, 1.807) is 6.20 Å². The molecule has 3 rings (SSSR count). The van der Waals surface area contributed by atoms with Crippen LogP contribution in [0, 0.1) is 5.92 Å². The average molecular weight is 305 g/mol. The number of aromatic nitrogens is 1. The Morgan fingerprint density at radius 1 is 1.48 bits per heavy atom. The third-order valence-corrected chi connectivity index (χ3v) is 5.80. The molecular formula is C17H23NO2S. The lowest BCUT2D eigenvalue weighted by atomic mass is 9.78. The Hall–Kier alpha value is -0.870. The number of nitrogens with zero attached hydrogens (tertiary/aromatic N) is 1. The molecule has 1 unspecified atom stereocenters. The standard InChI is InChI=1S/C17H23NO2S/c1-2-13-12-18-7-3-15(13)16(19)14-4-8-20-17(11-14)5-9-21-10-6-17/h3,7,12,14H,2,4-6,8-11H2,1H3. The number of ketones is 1. The van der Waals surface area contributed by atoms with E-state index in [4.69, 9.17) is 4.74 Å². The van der Waals surface area contributed by atoms with Crippen LogP contribution in [0.15, 0.2) is 18.5 Å². The van der Waals surface area contributed by atoms with E-state index in [1.165, 1.54) is 0 Å². The van der Waals surface area contributed by atoms with Crippen LogP contribution in [0.4, 0.5) is 0 Å². The van der Waals surface area contributed by atoms with Crippen LogP contribution >= 0.6 is 11.8 Å². The third kappa shape index (κ3) is 3.16. The highest BCUT2D eigenvalue weighted by atomic mass is 32.2. The van der Waals surface area contributed by atoms with Crippen molar-refractivity contribution in [1.82, 2.24) is 4.98 Å². The minimum atomic E-state index is -0.0246. The fraction of sp³-hybridized carbons (Fsp3) is 0.647. The number of carbonyl (C=O) groups is 1. The van der Waals surface area contributed by atoms with Gasteiger partial charge in [-0.15, -0.1) is 0 Å². The number of Topliss-reactive ketones (excluding diaryl/α,β-unsaturated/α-hetero) is 1. The molecule has 1 aromatic rings. The van der Waals surface area contributed by atoms with Gasteiger partial charge in [0, 0.05) is 30.5 Å². The number of hydrogen-bond donors (Lipinski definition) is 0. The number of rotatable bonds is 3. The van der Waals surface area contributed by atoms with E-state index in [0.29, 0.717) is 5.78 Å². The van der Waals surface area contributed by atoms with Crippen LogP contribution in [-0.4, -0.2) is 34.5 Å². The summed E-state index contributed by atoms with van der Waals surface area (Å²) < 4.78 is 6.10. The number of pyridine rings is 1. The molecule has 114 valence electrons. The molecular weight excluding hydrogens is 282 g/mol. The van der Waals surface area contributed by atoms with E-state index < -0.39 is 0 Å². The SMILES string of the molecule is CCc1cnccc1C(=O)C1CCOC2(CCSCC2)C1. The highest BCUT2D eigenvalue weighted by molar-refractivity contribution is 7.99. The Labute approximate surface area is 130 Å². The summed E-state index contributed by atoms with van der Waals surface area (Å²) in [6, 6.07) is 1.89. The predicted molar refractivity (Wildman–Crippen MR) is 85.9 cm³/mol. The fourth-order valence-electron chi connectivity index (χ4n) is 3.51. The molecule has 0 bridgehead atoms. The molecule has 21 heavy (non-hydrogen) atoms. The predicted octanol–water partition coefficient (Wildman–Crippen LogP) is 3.52. The van der Waals surface area contributed by atoms with E-state index in [0.717, 1.165) is 61.3 Å². The van der Waals surface area contributed by atoms with Gasteiger partial charge in [0.15, 0.2) is 5.78 Å². The topological polar surface area (TPSA) is 39.2 Å². The maximum Gasteiger partial charge on any atom is 0.166 e. The van der Waals surface area contributed by atoms with Gasteiger partial charge in [-0.3, -0.25) is 9.78 Å². The van der Waals surface area contributed by atoms with Crippen LogP contribution in [0.1, 0.15) is 48.5 Å². The largest absolute Gasteiger partial charge is 0.375 e. The molecule has 1 spiro atoms. The lowest BCUT2D eigenvalue weighted by Crippen LogP contribution is -2.44. The van der Waals surface area contributed by atoms with Crippen molar-refractivity contribution in [2.75, 3.05) is 18.1 Å². The smallest absolute Gasteiger partial charge is 0.166 e. The zero-order chi connectivity index (χ0) is 14.7. The lowest BCUT2D eigenvalue weighted by Gasteiger charge is -2.43. The van der Waals surface area contributed by atoms with Gasteiger partial charge in [-0.25, -0.2) is 0 Å². The van der Waals surface area contributed by atoms with Crippen molar-refractivity contribution >= 4 is 17.5 Å². The monoisotopic (exact) mass is 305 g/mol. The quantitative estimate of drug-likeness (QED) is 0.801. The van der Waals surface area contributed by atoms with Crippen molar-refractivity contribution in [2.45, 2.75) is 44.6 Å². The molecule has 0 amide bonds. The Morgan fingerprint density at radius 2 is 2.29 bits per heavy atom. The second kappa shape index (κ2) is 6.49. The molecule has 1 aromatic heterocycles. The number of aryl methyl sites for hydroxylation is 1. The van der Waals surface area contributed by atoms with Crippen molar-refractivity contribution in [3.05, 3.63) is 29.6 Å². The molecule has 0 N–H and O–H groups in total. The summed E-state index contributed by atoms with van der Waals surface area (Å²) in [6.45, 7) is 2.81. The summed E-state index contributed by atoms with van der Waals surface area (Å²) in [6.07, 6.45) is 8.38. The van der Waals surface area contributed by atoms with E-state index in [9.17, 15) is 4.79 Å². The Balaban J connectivity index is 1.78. The van der Waals surface area contributed by atoms with Crippen LogP contribution in [0.2, 0.25) is 0 Å². The molecule has 0 saturated carbocycles. The number of thioether (sulfide) groups is 1. The zero-order valence-corrected chi connectivity index (χ0v) is 13.5. The molecule has 3 heterocycles. The van der Waals surface area contributed by atoms with Gasteiger partial charge in [0.1, 0.15) is 0 Å². The molecule has 2 aliphatic heterocycles. The third-order valence-electron chi connectivity index (χ3n) is 4.82. The van der Waals surface area contributed by atoms with Crippen molar-refractivity contribution in [1.29, 1.82) is 0 Å². The highest BCUT2D eigenvalue weighted by Crippen LogP contribution is 2.40. The van der Waals surface area contributed by atoms with Crippen molar-refractivity contribution in [3.8, 4) is 0 Å². The lowest BCUT2D eigenvalue weighted by molar-refractivity contribution is -0.0959. The fourth-order valence-corrected chi connectivity index (χ4v) is 4.75. The van der Waals surface area contributed by atoms with Gasteiger partial charge in [-0.05, 0) is 55.2 Å². The van der Waals surface area contributed by atoms with E-state index >= 15 is 0 Å². The van der Waals surface area contributed by atoms with Gasteiger partial charge >= 0.3 is 0 Å². The first-order valence-electron chi connectivity index (χ1n) is 7.93. The van der Waals surface area contributed by atoms with E-state index in [-0.39, 0.29) is 11.5 Å². The Morgan fingerprint density at radius 3 is 3.05 bits per heavy atom. The summed E-state index contributed by atoms with van der Waals surface area (Å²) >= 11 is 2.00. The first-order valence-corrected chi connectivity index (χ1v) is 9.08. The number of ether oxygens (including phenoxy) is 1. The molecule has 4 heteroatoms. The van der Waals surface area contributed by atoms with E-state index in [1.807, 2.05) is 24.0 Å². The minimum Gasteiger partial charge on any atom is -0.375 e. The summed E-state index contributed by atoms with van der Waals surface area (Å²) in [4.78, 5) is 17.1. The minimum absolute atomic E-state index is 0.0246. The summed E-state index contributed by atoms with van der Waals surface area (Å²) in [7, 11) is 0. The normalized spacial score (nSPS) is 24.9. The maximum absolute atomic E-state index is 12.9. The van der Waals surface area contributed by atoms with Crippen molar-refractivity contribution in [3.63, 3.8) is 0 Å². The van der Waals surface area contributed by atoms with E-state index in [2.05, 4.69) is 11.9 Å². The highest BCUT2D eigenvalue weighted by Gasteiger charge is 2.41. The van der Waals surface area contributed by atoms with Gasteiger partial charge < -0.3 is 4.74 Å². The van der Waals surface area contributed by atoms with Gasteiger partial charge in [0.05, 0.1) is 5.60 Å². The van der Waals surface area contributed by atoms with Crippen LogP contribution in [-0.2, 0) is 11.2 Å². The number of carbonyl (C=O) groups excluding carboxylic acids is 1.